The van der Waals surface area contributed by atoms with Crippen LogP contribution in [0.15, 0.2) is 12.2 Å². The number of rotatable bonds is 8. The van der Waals surface area contributed by atoms with Gasteiger partial charge in [0.25, 0.3) is 0 Å². The van der Waals surface area contributed by atoms with Crippen molar-refractivity contribution in [3.63, 3.8) is 0 Å². The summed E-state index contributed by atoms with van der Waals surface area (Å²) in [4.78, 5) is 0. The second-order valence-electron chi connectivity index (χ2n) is 3.87. The lowest BCUT2D eigenvalue weighted by molar-refractivity contribution is 0.299. The van der Waals surface area contributed by atoms with Gasteiger partial charge in [-0.1, -0.05) is 32.4 Å². The lowest BCUT2D eigenvalue weighted by Gasteiger charge is -2.32. The molecule has 0 aliphatic rings. The first kappa shape index (κ1) is 13.7. The third kappa shape index (κ3) is 4.77. The zero-order chi connectivity index (χ0) is 10.9. The third-order valence-corrected chi connectivity index (χ3v) is 2.84. The molecule has 0 saturated carbocycles. The Morgan fingerprint density at radius 3 is 2.50 bits per heavy atom. The summed E-state index contributed by atoms with van der Waals surface area (Å²) >= 11 is 0. The Morgan fingerprint density at radius 1 is 1.36 bits per heavy atom. The van der Waals surface area contributed by atoms with Gasteiger partial charge in [0.15, 0.2) is 0 Å². The molecule has 0 spiro atoms. The van der Waals surface area contributed by atoms with E-state index < -0.39 is 0 Å². The van der Waals surface area contributed by atoms with Crippen molar-refractivity contribution >= 4 is 0 Å². The maximum absolute atomic E-state index is 5.84. The second kappa shape index (κ2) is 8.01. The van der Waals surface area contributed by atoms with E-state index in [2.05, 4.69) is 38.2 Å². The summed E-state index contributed by atoms with van der Waals surface area (Å²) in [5.74, 6) is 0. The Hall–Kier alpha value is -0.340. The Labute approximate surface area is 89.0 Å². The van der Waals surface area contributed by atoms with Crippen molar-refractivity contribution in [3.8, 4) is 0 Å². The summed E-state index contributed by atoms with van der Waals surface area (Å²) in [6, 6.07) is 0. The molecule has 3 N–H and O–H groups in total. The Morgan fingerprint density at radius 2 is 2.07 bits per heavy atom. The van der Waals surface area contributed by atoms with Gasteiger partial charge in [-0.25, -0.2) is 0 Å². The van der Waals surface area contributed by atoms with E-state index in [0.717, 1.165) is 25.9 Å². The summed E-state index contributed by atoms with van der Waals surface area (Å²) in [6.45, 7) is 8.27. The van der Waals surface area contributed by atoms with Gasteiger partial charge in [0.05, 0.1) is 0 Å². The smallest absolute Gasteiger partial charge is 0.0301 e. The number of nitrogens with one attached hydrogen (secondary N) is 1. The van der Waals surface area contributed by atoms with Crippen LogP contribution in [0.3, 0.4) is 0 Å². The SMILES string of the molecule is C/C=C/CCNC(CC)(CN)CCC. The first-order valence-electron chi connectivity index (χ1n) is 5.81. The van der Waals surface area contributed by atoms with E-state index in [9.17, 15) is 0 Å². The number of allylic oxidation sites excluding steroid dienone is 1. The minimum absolute atomic E-state index is 0.177. The maximum Gasteiger partial charge on any atom is 0.0301 e. The number of hydrogen-bond acceptors (Lipinski definition) is 2. The van der Waals surface area contributed by atoms with Crippen LogP contribution >= 0.6 is 0 Å². The van der Waals surface area contributed by atoms with E-state index in [1.807, 2.05) is 0 Å². The average molecular weight is 198 g/mol. The summed E-state index contributed by atoms with van der Waals surface area (Å²) in [6.07, 6.45) is 8.88. The highest BCUT2D eigenvalue weighted by Crippen LogP contribution is 2.15. The molecule has 0 amide bonds. The summed E-state index contributed by atoms with van der Waals surface area (Å²) < 4.78 is 0. The molecule has 0 rings (SSSR count). The highest BCUT2D eigenvalue weighted by atomic mass is 15.0. The molecule has 0 aromatic carbocycles. The van der Waals surface area contributed by atoms with E-state index in [-0.39, 0.29) is 5.54 Å². The lowest BCUT2D eigenvalue weighted by Crippen LogP contribution is -2.50. The molecule has 1 atom stereocenters. The highest BCUT2D eigenvalue weighted by Gasteiger charge is 2.23. The average Bonchev–Trinajstić information content (AvgIpc) is 2.23. The zero-order valence-electron chi connectivity index (χ0n) is 9.97. The molecule has 84 valence electrons. The first-order chi connectivity index (χ1) is 6.74. The van der Waals surface area contributed by atoms with Gasteiger partial charge in [0.1, 0.15) is 0 Å². The van der Waals surface area contributed by atoms with Crippen LogP contribution in [0, 0.1) is 0 Å². The van der Waals surface area contributed by atoms with Gasteiger partial charge < -0.3 is 11.1 Å². The molecule has 2 heteroatoms. The monoisotopic (exact) mass is 198 g/mol. The van der Waals surface area contributed by atoms with E-state index in [4.69, 9.17) is 5.73 Å². The summed E-state index contributed by atoms with van der Waals surface area (Å²) in [5, 5.41) is 3.59. The van der Waals surface area contributed by atoms with Crippen LogP contribution in [-0.4, -0.2) is 18.6 Å². The highest BCUT2D eigenvalue weighted by molar-refractivity contribution is 4.88. The van der Waals surface area contributed by atoms with Crippen LogP contribution in [0.4, 0.5) is 0 Å². The molecule has 0 radical (unpaired) electrons. The van der Waals surface area contributed by atoms with Gasteiger partial charge in [-0.3, -0.25) is 0 Å². The van der Waals surface area contributed by atoms with Crippen molar-refractivity contribution in [1.29, 1.82) is 0 Å². The van der Waals surface area contributed by atoms with Gasteiger partial charge in [-0.15, -0.1) is 0 Å². The molecular formula is C12H26N2. The van der Waals surface area contributed by atoms with Gasteiger partial charge in [-0.05, 0) is 32.7 Å². The first-order valence-corrected chi connectivity index (χ1v) is 5.81. The van der Waals surface area contributed by atoms with Crippen LogP contribution in [0.1, 0.15) is 46.5 Å². The molecule has 0 saturated heterocycles. The lowest BCUT2D eigenvalue weighted by atomic mass is 9.90. The van der Waals surface area contributed by atoms with E-state index in [1.54, 1.807) is 0 Å². The zero-order valence-corrected chi connectivity index (χ0v) is 9.97. The normalized spacial score (nSPS) is 16.0. The maximum atomic E-state index is 5.84. The second-order valence-corrected chi connectivity index (χ2v) is 3.87. The summed E-state index contributed by atoms with van der Waals surface area (Å²) in [5.41, 5.74) is 6.02. The fraction of sp³-hybridized carbons (Fsp3) is 0.833. The van der Waals surface area contributed by atoms with E-state index in [0.29, 0.717) is 0 Å². The van der Waals surface area contributed by atoms with Crippen LogP contribution in [-0.2, 0) is 0 Å². The van der Waals surface area contributed by atoms with Crippen molar-refractivity contribution in [2.24, 2.45) is 5.73 Å². The van der Waals surface area contributed by atoms with Crippen LogP contribution in [0.5, 0.6) is 0 Å². The van der Waals surface area contributed by atoms with Crippen LogP contribution < -0.4 is 11.1 Å². The van der Waals surface area contributed by atoms with Crippen molar-refractivity contribution in [1.82, 2.24) is 5.32 Å². The minimum atomic E-state index is 0.177. The number of nitrogens with two attached hydrogens (primary N) is 1. The van der Waals surface area contributed by atoms with Crippen LogP contribution in [0.2, 0.25) is 0 Å². The minimum Gasteiger partial charge on any atom is -0.329 e. The Bertz CT molecular complexity index is 148. The quantitative estimate of drug-likeness (QED) is 0.464. The van der Waals surface area contributed by atoms with Crippen molar-refractivity contribution in [3.05, 3.63) is 12.2 Å². The van der Waals surface area contributed by atoms with Crippen molar-refractivity contribution in [2.45, 2.75) is 52.0 Å². The van der Waals surface area contributed by atoms with E-state index >= 15 is 0 Å². The Kier molecular flexibility index (Phi) is 7.81. The molecule has 2 nitrogen and oxygen atoms in total. The predicted octanol–water partition coefficient (Wildman–Crippen LogP) is 2.45. The van der Waals surface area contributed by atoms with Gasteiger partial charge in [-0.2, -0.15) is 0 Å². The third-order valence-electron chi connectivity index (χ3n) is 2.84. The molecule has 0 aliphatic carbocycles. The molecular weight excluding hydrogens is 172 g/mol. The number of hydrogen-bond donors (Lipinski definition) is 2. The van der Waals surface area contributed by atoms with Crippen LogP contribution in [0.25, 0.3) is 0 Å². The topological polar surface area (TPSA) is 38.0 Å². The molecule has 1 unspecified atom stereocenters. The fourth-order valence-corrected chi connectivity index (χ4v) is 1.77. The van der Waals surface area contributed by atoms with E-state index in [1.165, 1.54) is 12.8 Å². The van der Waals surface area contributed by atoms with Crippen molar-refractivity contribution < 1.29 is 0 Å². The molecule has 0 heterocycles. The standard InChI is InChI=1S/C12H26N2/c1-4-7-8-10-14-12(6-3,11-13)9-5-2/h4,7,14H,5-6,8-11,13H2,1-3H3/b7-4+. The van der Waals surface area contributed by atoms with Gasteiger partial charge in [0.2, 0.25) is 0 Å². The fourth-order valence-electron chi connectivity index (χ4n) is 1.77. The molecule has 0 aromatic rings. The largest absolute Gasteiger partial charge is 0.329 e. The molecule has 0 aliphatic heterocycles. The predicted molar refractivity (Wildman–Crippen MR) is 64.4 cm³/mol. The molecule has 0 aromatic heterocycles. The molecule has 14 heavy (non-hydrogen) atoms. The Balaban J connectivity index is 3.93. The summed E-state index contributed by atoms with van der Waals surface area (Å²) in [7, 11) is 0. The van der Waals surface area contributed by atoms with Gasteiger partial charge in [0, 0.05) is 12.1 Å². The molecule has 0 fully saturated rings. The van der Waals surface area contributed by atoms with Crippen molar-refractivity contribution in [2.75, 3.05) is 13.1 Å². The van der Waals surface area contributed by atoms with Gasteiger partial charge >= 0.3 is 0 Å². The molecule has 0 bridgehead atoms.